The number of benzene rings is 1. The van der Waals surface area contributed by atoms with Crippen molar-refractivity contribution < 1.29 is 14.3 Å². The van der Waals surface area contributed by atoms with Crippen molar-refractivity contribution >= 4 is 17.7 Å². The van der Waals surface area contributed by atoms with E-state index in [0.29, 0.717) is 5.56 Å². The molecule has 138 valence electrons. The van der Waals surface area contributed by atoms with Crippen LogP contribution in [0.1, 0.15) is 57.3 Å². The van der Waals surface area contributed by atoms with Gasteiger partial charge in [0, 0.05) is 29.9 Å². The normalized spacial score (nSPS) is 18.7. The fourth-order valence-corrected chi connectivity index (χ4v) is 3.12. The second-order valence-corrected chi connectivity index (χ2v) is 7.69. The summed E-state index contributed by atoms with van der Waals surface area (Å²) in [7, 11) is 0. The highest BCUT2D eigenvalue weighted by atomic mass is 16.6. The first-order valence-corrected chi connectivity index (χ1v) is 8.82. The van der Waals surface area contributed by atoms with E-state index in [2.05, 4.69) is 12.2 Å². The first kappa shape index (κ1) is 19.1. The lowest BCUT2D eigenvalue weighted by Crippen LogP contribution is -2.41. The topological polar surface area (TPSA) is 84.7 Å². The van der Waals surface area contributed by atoms with Gasteiger partial charge in [0.1, 0.15) is 5.60 Å². The second kappa shape index (κ2) is 7.76. The van der Waals surface area contributed by atoms with E-state index in [0.717, 1.165) is 31.5 Å². The third-order valence-electron chi connectivity index (χ3n) is 4.21. The van der Waals surface area contributed by atoms with Crippen molar-refractivity contribution in [3.8, 4) is 0 Å². The smallest absolute Gasteiger partial charge is 0.410 e. The number of ether oxygens (including phenoxy) is 1. The molecule has 0 radical (unpaired) electrons. The molecule has 1 heterocycles. The largest absolute Gasteiger partial charge is 0.444 e. The number of amides is 2. The maximum Gasteiger partial charge on any atom is 0.410 e. The van der Waals surface area contributed by atoms with E-state index in [1.54, 1.807) is 12.1 Å². The fraction of sp³-hybridized carbons (Fsp3) is 0.579. The lowest BCUT2D eigenvalue weighted by atomic mass is 10.1. The SMILES string of the molecule is CC(CC1CCCN1C(=O)OC(C)(C)C)Nc1ccc(C(N)=O)cc1. The van der Waals surface area contributed by atoms with Crippen LogP contribution in [0, 0.1) is 0 Å². The Bertz CT molecular complexity index is 607. The average molecular weight is 347 g/mol. The lowest BCUT2D eigenvalue weighted by Gasteiger charge is -2.30. The molecule has 2 amide bonds. The quantitative estimate of drug-likeness (QED) is 0.855. The highest BCUT2D eigenvalue weighted by Gasteiger charge is 2.32. The molecule has 0 spiro atoms. The van der Waals surface area contributed by atoms with E-state index < -0.39 is 11.5 Å². The molecule has 6 heteroatoms. The minimum Gasteiger partial charge on any atom is -0.444 e. The van der Waals surface area contributed by atoms with Crippen molar-refractivity contribution in [1.29, 1.82) is 0 Å². The maximum atomic E-state index is 12.4. The standard InChI is InChI=1S/C19H29N3O3/c1-13(21-15-9-7-14(8-10-15)17(20)23)12-16-6-5-11-22(16)18(24)25-19(2,3)4/h7-10,13,16,21H,5-6,11-12H2,1-4H3,(H2,20,23). The number of likely N-dealkylation sites (tertiary alicyclic amines) is 1. The summed E-state index contributed by atoms with van der Waals surface area (Å²) in [4.78, 5) is 25.3. The molecule has 1 aliphatic heterocycles. The monoisotopic (exact) mass is 347 g/mol. The van der Waals surface area contributed by atoms with E-state index in [9.17, 15) is 9.59 Å². The van der Waals surface area contributed by atoms with Gasteiger partial charge in [-0.05, 0) is 71.2 Å². The molecule has 1 aromatic carbocycles. The van der Waals surface area contributed by atoms with Crippen LogP contribution in [-0.2, 0) is 4.74 Å². The van der Waals surface area contributed by atoms with Crippen molar-refractivity contribution in [3.05, 3.63) is 29.8 Å². The highest BCUT2D eigenvalue weighted by Crippen LogP contribution is 2.25. The summed E-state index contributed by atoms with van der Waals surface area (Å²) < 4.78 is 5.51. The molecular formula is C19H29N3O3. The van der Waals surface area contributed by atoms with Crippen LogP contribution in [0.5, 0.6) is 0 Å². The third-order valence-corrected chi connectivity index (χ3v) is 4.21. The molecule has 1 aliphatic rings. The molecule has 2 unspecified atom stereocenters. The molecule has 2 atom stereocenters. The first-order valence-electron chi connectivity index (χ1n) is 8.82. The van der Waals surface area contributed by atoms with E-state index in [1.807, 2.05) is 37.8 Å². The van der Waals surface area contributed by atoms with Crippen molar-refractivity contribution in [3.63, 3.8) is 0 Å². The van der Waals surface area contributed by atoms with Crippen molar-refractivity contribution in [2.24, 2.45) is 5.73 Å². The van der Waals surface area contributed by atoms with Crippen LogP contribution in [0.4, 0.5) is 10.5 Å². The van der Waals surface area contributed by atoms with Gasteiger partial charge in [0.25, 0.3) is 0 Å². The molecule has 0 saturated carbocycles. The van der Waals surface area contributed by atoms with E-state index in [4.69, 9.17) is 10.5 Å². The van der Waals surface area contributed by atoms with Crippen LogP contribution in [0.25, 0.3) is 0 Å². The number of hydrogen-bond acceptors (Lipinski definition) is 4. The summed E-state index contributed by atoms with van der Waals surface area (Å²) in [6, 6.07) is 7.47. The molecule has 3 N–H and O–H groups in total. The molecule has 0 bridgehead atoms. The Morgan fingerprint density at radius 2 is 1.96 bits per heavy atom. The number of carbonyl (C=O) groups excluding carboxylic acids is 2. The minimum atomic E-state index is -0.476. The Labute approximate surface area is 149 Å². The Hall–Kier alpha value is -2.24. The highest BCUT2D eigenvalue weighted by molar-refractivity contribution is 5.93. The summed E-state index contributed by atoms with van der Waals surface area (Å²) in [5, 5.41) is 3.41. The van der Waals surface area contributed by atoms with Gasteiger partial charge in [-0.1, -0.05) is 0 Å². The first-order chi connectivity index (χ1) is 11.7. The number of primary amides is 1. The van der Waals surface area contributed by atoms with Crippen LogP contribution in [0.2, 0.25) is 0 Å². The number of anilines is 1. The van der Waals surface area contributed by atoms with Gasteiger partial charge in [-0.25, -0.2) is 4.79 Å². The average Bonchev–Trinajstić information content (AvgIpc) is 2.94. The molecule has 1 fully saturated rings. The van der Waals surface area contributed by atoms with E-state index >= 15 is 0 Å². The third kappa shape index (κ3) is 5.66. The molecule has 6 nitrogen and oxygen atoms in total. The number of carbonyl (C=O) groups is 2. The van der Waals surface area contributed by atoms with Crippen molar-refractivity contribution in [2.45, 2.75) is 64.6 Å². The van der Waals surface area contributed by atoms with Crippen LogP contribution >= 0.6 is 0 Å². The zero-order chi connectivity index (χ0) is 18.6. The summed E-state index contributed by atoms with van der Waals surface area (Å²) in [5.41, 5.74) is 6.20. The fourth-order valence-electron chi connectivity index (χ4n) is 3.12. The zero-order valence-corrected chi connectivity index (χ0v) is 15.5. The number of nitrogens with zero attached hydrogens (tertiary/aromatic N) is 1. The van der Waals surface area contributed by atoms with Crippen LogP contribution in [0.3, 0.4) is 0 Å². The van der Waals surface area contributed by atoms with E-state index in [-0.39, 0.29) is 18.2 Å². The van der Waals surface area contributed by atoms with Gasteiger partial charge < -0.3 is 20.7 Å². The molecular weight excluding hydrogens is 318 g/mol. The van der Waals surface area contributed by atoms with Gasteiger partial charge in [-0.2, -0.15) is 0 Å². The van der Waals surface area contributed by atoms with Gasteiger partial charge in [0.05, 0.1) is 0 Å². The molecule has 1 saturated heterocycles. The van der Waals surface area contributed by atoms with E-state index in [1.165, 1.54) is 0 Å². The van der Waals surface area contributed by atoms with Crippen molar-refractivity contribution in [2.75, 3.05) is 11.9 Å². The van der Waals surface area contributed by atoms with Crippen LogP contribution < -0.4 is 11.1 Å². The van der Waals surface area contributed by atoms with Gasteiger partial charge in [0.2, 0.25) is 5.91 Å². The van der Waals surface area contributed by atoms with Crippen LogP contribution in [0.15, 0.2) is 24.3 Å². The predicted octanol–water partition coefficient (Wildman–Crippen LogP) is 3.38. The summed E-state index contributed by atoms with van der Waals surface area (Å²) >= 11 is 0. The van der Waals surface area contributed by atoms with Crippen LogP contribution in [-0.4, -0.2) is 41.1 Å². The maximum absolute atomic E-state index is 12.4. The van der Waals surface area contributed by atoms with Crippen molar-refractivity contribution in [1.82, 2.24) is 4.90 Å². The van der Waals surface area contributed by atoms with Gasteiger partial charge >= 0.3 is 6.09 Å². The van der Waals surface area contributed by atoms with Gasteiger partial charge in [-0.15, -0.1) is 0 Å². The zero-order valence-electron chi connectivity index (χ0n) is 15.5. The Balaban J connectivity index is 1.91. The Kier molecular flexibility index (Phi) is 5.93. The Morgan fingerprint density at radius 1 is 1.32 bits per heavy atom. The summed E-state index contributed by atoms with van der Waals surface area (Å²) in [6.45, 7) is 8.49. The minimum absolute atomic E-state index is 0.183. The number of hydrogen-bond donors (Lipinski definition) is 2. The molecule has 0 aliphatic carbocycles. The predicted molar refractivity (Wildman–Crippen MR) is 98.6 cm³/mol. The van der Waals surface area contributed by atoms with Gasteiger partial charge in [-0.3, -0.25) is 4.79 Å². The number of nitrogens with one attached hydrogen (secondary N) is 1. The van der Waals surface area contributed by atoms with Gasteiger partial charge in [0.15, 0.2) is 0 Å². The molecule has 25 heavy (non-hydrogen) atoms. The molecule has 1 aromatic rings. The number of rotatable bonds is 5. The molecule has 0 aromatic heterocycles. The summed E-state index contributed by atoms with van der Waals surface area (Å²) in [6.07, 6.45) is 2.61. The summed E-state index contributed by atoms with van der Waals surface area (Å²) in [5.74, 6) is -0.432. The second-order valence-electron chi connectivity index (χ2n) is 7.69. The molecule has 2 rings (SSSR count). The lowest BCUT2D eigenvalue weighted by molar-refractivity contribution is 0.0218. The Morgan fingerprint density at radius 3 is 2.52 bits per heavy atom. The number of nitrogens with two attached hydrogens (primary N) is 1.